The van der Waals surface area contributed by atoms with Gasteiger partial charge >= 0.3 is 0 Å². The number of rotatable bonds is 5. The number of hydrogen-bond donors (Lipinski definition) is 1. The molecule has 0 atom stereocenters. The van der Waals surface area contributed by atoms with Crippen LogP contribution in [0.25, 0.3) is 10.9 Å². The molecular formula is C19H24FN3O2. The zero-order valence-electron chi connectivity index (χ0n) is 14.7. The van der Waals surface area contributed by atoms with Gasteiger partial charge in [-0.2, -0.15) is 0 Å². The van der Waals surface area contributed by atoms with Crippen molar-refractivity contribution in [1.29, 1.82) is 0 Å². The molecule has 1 aliphatic rings. The Kier molecular flexibility index (Phi) is 5.48. The molecule has 0 saturated carbocycles. The van der Waals surface area contributed by atoms with Crippen LogP contribution in [-0.2, 0) is 9.53 Å². The van der Waals surface area contributed by atoms with Crippen molar-refractivity contribution in [2.24, 2.45) is 5.92 Å². The van der Waals surface area contributed by atoms with E-state index in [1.807, 2.05) is 26.0 Å². The van der Waals surface area contributed by atoms with Crippen molar-refractivity contribution in [3.63, 3.8) is 0 Å². The molecule has 1 aromatic carbocycles. The highest BCUT2D eigenvalue weighted by Crippen LogP contribution is 2.25. The van der Waals surface area contributed by atoms with E-state index in [9.17, 15) is 9.18 Å². The summed E-state index contributed by atoms with van der Waals surface area (Å²) in [6.45, 7) is 6.78. The monoisotopic (exact) mass is 345 g/mol. The van der Waals surface area contributed by atoms with Crippen molar-refractivity contribution < 1.29 is 13.9 Å². The van der Waals surface area contributed by atoms with E-state index in [2.05, 4.69) is 15.2 Å². The van der Waals surface area contributed by atoms with E-state index in [-0.39, 0.29) is 11.8 Å². The SMILES string of the molecule is CCC(CC)C(=O)Nc1cc(F)c2nc(N3CCOCC3)ccc2c1. The van der Waals surface area contributed by atoms with Crippen LogP contribution in [0, 0.1) is 11.7 Å². The van der Waals surface area contributed by atoms with Gasteiger partial charge in [-0.15, -0.1) is 0 Å². The largest absolute Gasteiger partial charge is 0.378 e. The number of benzene rings is 1. The zero-order chi connectivity index (χ0) is 17.8. The van der Waals surface area contributed by atoms with Gasteiger partial charge in [0, 0.05) is 30.1 Å². The number of amides is 1. The molecule has 0 bridgehead atoms. The Bertz CT molecular complexity index is 756. The molecule has 2 aromatic rings. The minimum Gasteiger partial charge on any atom is -0.378 e. The van der Waals surface area contributed by atoms with Crippen LogP contribution >= 0.6 is 0 Å². The van der Waals surface area contributed by atoms with E-state index in [0.717, 1.165) is 31.7 Å². The highest BCUT2D eigenvalue weighted by atomic mass is 19.1. The van der Waals surface area contributed by atoms with Crippen molar-refractivity contribution in [1.82, 2.24) is 4.98 Å². The average molecular weight is 345 g/mol. The number of nitrogens with one attached hydrogen (secondary N) is 1. The van der Waals surface area contributed by atoms with Gasteiger partial charge < -0.3 is 15.0 Å². The number of pyridine rings is 1. The summed E-state index contributed by atoms with van der Waals surface area (Å²) in [5, 5.41) is 3.50. The van der Waals surface area contributed by atoms with Crippen molar-refractivity contribution in [2.75, 3.05) is 36.5 Å². The van der Waals surface area contributed by atoms with Crippen LogP contribution in [0.4, 0.5) is 15.9 Å². The third-order valence-electron chi connectivity index (χ3n) is 4.69. The van der Waals surface area contributed by atoms with Crippen molar-refractivity contribution >= 4 is 28.3 Å². The Labute approximate surface area is 147 Å². The first-order valence-corrected chi connectivity index (χ1v) is 8.86. The average Bonchev–Trinajstić information content (AvgIpc) is 2.63. The molecule has 0 aliphatic carbocycles. The summed E-state index contributed by atoms with van der Waals surface area (Å²) in [5.74, 6) is 0.207. The lowest BCUT2D eigenvalue weighted by Gasteiger charge is -2.28. The van der Waals surface area contributed by atoms with Gasteiger partial charge in [-0.05, 0) is 37.1 Å². The lowest BCUT2D eigenvalue weighted by molar-refractivity contribution is -0.120. The fourth-order valence-electron chi connectivity index (χ4n) is 3.13. The summed E-state index contributed by atoms with van der Waals surface area (Å²) < 4.78 is 19.9. The number of nitrogens with zero attached hydrogens (tertiary/aromatic N) is 2. The summed E-state index contributed by atoms with van der Waals surface area (Å²) >= 11 is 0. The first-order valence-electron chi connectivity index (χ1n) is 8.86. The van der Waals surface area contributed by atoms with Gasteiger partial charge in [0.1, 0.15) is 11.3 Å². The van der Waals surface area contributed by atoms with E-state index in [1.165, 1.54) is 6.07 Å². The van der Waals surface area contributed by atoms with Crippen LogP contribution in [0.1, 0.15) is 26.7 Å². The maximum absolute atomic E-state index is 14.6. The summed E-state index contributed by atoms with van der Waals surface area (Å²) in [7, 11) is 0. The smallest absolute Gasteiger partial charge is 0.227 e. The number of carbonyl (C=O) groups is 1. The topological polar surface area (TPSA) is 54.5 Å². The van der Waals surface area contributed by atoms with Crippen molar-refractivity contribution in [3.05, 3.63) is 30.1 Å². The van der Waals surface area contributed by atoms with Gasteiger partial charge in [-0.25, -0.2) is 9.37 Å². The number of anilines is 2. The fourth-order valence-corrected chi connectivity index (χ4v) is 3.13. The molecule has 134 valence electrons. The maximum atomic E-state index is 14.6. The van der Waals surface area contributed by atoms with Crippen LogP contribution in [0.3, 0.4) is 0 Å². The van der Waals surface area contributed by atoms with E-state index in [1.54, 1.807) is 6.07 Å². The third-order valence-corrected chi connectivity index (χ3v) is 4.69. The molecule has 1 aliphatic heterocycles. The van der Waals surface area contributed by atoms with E-state index in [4.69, 9.17) is 4.74 Å². The van der Waals surface area contributed by atoms with Crippen LogP contribution in [0.15, 0.2) is 24.3 Å². The summed E-state index contributed by atoms with van der Waals surface area (Å²) in [6, 6.07) is 6.86. The molecule has 6 heteroatoms. The van der Waals surface area contributed by atoms with Gasteiger partial charge in [0.25, 0.3) is 0 Å². The minimum atomic E-state index is -0.424. The van der Waals surface area contributed by atoms with Crippen LogP contribution in [0.2, 0.25) is 0 Å². The molecule has 0 spiro atoms. The predicted molar refractivity (Wildman–Crippen MR) is 97.4 cm³/mol. The van der Waals surface area contributed by atoms with Gasteiger partial charge in [-0.3, -0.25) is 4.79 Å². The number of halogens is 1. The molecule has 2 heterocycles. The number of ether oxygens (including phenoxy) is 1. The Morgan fingerprint density at radius 1 is 1.28 bits per heavy atom. The predicted octanol–water partition coefficient (Wildman–Crippen LogP) is 3.59. The number of fused-ring (bicyclic) bond motifs is 1. The zero-order valence-corrected chi connectivity index (χ0v) is 14.7. The molecule has 1 amide bonds. The maximum Gasteiger partial charge on any atom is 0.227 e. The number of morpholine rings is 1. The standard InChI is InChI=1S/C19H24FN3O2/c1-3-13(4-2)19(24)21-15-11-14-5-6-17(22-18(14)16(20)12-15)23-7-9-25-10-8-23/h5-6,11-13H,3-4,7-10H2,1-2H3,(H,21,24). The van der Waals surface area contributed by atoms with Gasteiger partial charge in [0.15, 0.2) is 5.82 Å². The molecule has 0 radical (unpaired) electrons. The number of hydrogen-bond acceptors (Lipinski definition) is 4. The molecular weight excluding hydrogens is 321 g/mol. The minimum absolute atomic E-state index is 0.0550. The first kappa shape index (κ1) is 17.6. The Morgan fingerprint density at radius 2 is 2.00 bits per heavy atom. The first-order chi connectivity index (χ1) is 12.1. The van der Waals surface area contributed by atoms with Crippen molar-refractivity contribution in [2.45, 2.75) is 26.7 Å². The van der Waals surface area contributed by atoms with E-state index < -0.39 is 5.82 Å². The molecule has 1 N–H and O–H groups in total. The third kappa shape index (κ3) is 3.90. The quantitative estimate of drug-likeness (QED) is 0.900. The van der Waals surface area contributed by atoms with E-state index >= 15 is 0 Å². The molecule has 1 saturated heterocycles. The fraction of sp³-hybridized carbons (Fsp3) is 0.474. The van der Waals surface area contributed by atoms with Crippen LogP contribution < -0.4 is 10.2 Å². The Hall–Kier alpha value is -2.21. The molecule has 1 aromatic heterocycles. The molecule has 25 heavy (non-hydrogen) atoms. The number of aromatic nitrogens is 1. The number of carbonyl (C=O) groups excluding carboxylic acids is 1. The van der Waals surface area contributed by atoms with E-state index in [0.29, 0.717) is 29.8 Å². The summed E-state index contributed by atoms with van der Waals surface area (Å²) in [4.78, 5) is 18.8. The highest BCUT2D eigenvalue weighted by molar-refractivity contribution is 5.95. The summed E-state index contributed by atoms with van der Waals surface area (Å²) in [6.07, 6.45) is 1.53. The highest BCUT2D eigenvalue weighted by Gasteiger charge is 2.17. The Balaban J connectivity index is 1.85. The molecule has 0 unspecified atom stereocenters. The lowest BCUT2D eigenvalue weighted by Crippen LogP contribution is -2.36. The molecule has 5 nitrogen and oxygen atoms in total. The van der Waals surface area contributed by atoms with Crippen LogP contribution in [0.5, 0.6) is 0 Å². The second-order valence-electron chi connectivity index (χ2n) is 6.30. The second-order valence-corrected chi connectivity index (χ2v) is 6.30. The molecule has 1 fully saturated rings. The normalized spacial score (nSPS) is 15.0. The van der Waals surface area contributed by atoms with Gasteiger partial charge in [-0.1, -0.05) is 13.8 Å². The van der Waals surface area contributed by atoms with Crippen molar-refractivity contribution in [3.8, 4) is 0 Å². The van der Waals surface area contributed by atoms with Gasteiger partial charge in [0.05, 0.1) is 13.2 Å². The summed E-state index contributed by atoms with van der Waals surface area (Å²) in [5.41, 5.74) is 0.798. The van der Waals surface area contributed by atoms with Gasteiger partial charge in [0.2, 0.25) is 5.91 Å². The Morgan fingerprint density at radius 3 is 2.68 bits per heavy atom. The second kappa shape index (κ2) is 7.78. The van der Waals surface area contributed by atoms with Crippen LogP contribution in [-0.4, -0.2) is 37.2 Å². The molecule has 3 rings (SSSR count). The lowest BCUT2D eigenvalue weighted by atomic mass is 10.0.